The second kappa shape index (κ2) is 5.71. The Morgan fingerprint density at radius 1 is 1.38 bits per heavy atom. The van der Waals surface area contributed by atoms with Crippen molar-refractivity contribution in [1.82, 2.24) is 0 Å². The van der Waals surface area contributed by atoms with E-state index < -0.39 is 0 Å². The normalized spacial score (nSPS) is 9.75. The van der Waals surface area contributed by atoms with E-state index in [-0.39, 0.29) is 5.78 Å². The van der Waals surface area contributed by atoms with Crippen molar-refractivity contribution in [3.8, 4) is 5.75 Å². The summed E-state index contributed by atoms with van der Waals surface area (Å²) < 4.78 is 5.46. The summed E-state index contributed by atoms with van der Waals surface area (Å²) >= 11 is 5.99. The molecule has 0 bridgehead atoms. The van der Waals surface area contributed by atoms with Crippen LogP contribution in [0.1, 0.15) is 31.1 Å². The maximum Gasteiger partial charge on any atom is 0.159 e. The van der Waals surface area contributed by atoms with Gasteiger partial charge in [0.2, 0.25) is 0 Å². The van der Waals surface area contributed by atoms with E-state index in [0.29, 0.717) is 22.9 Å². The lowest BCUT2D eigenvalue weighted by Gasteiger charge is -2.06. The number of Topliss-reactive ketones (excluding diaryl/α,β-unsaturated/α-hetero) is 1. The number of allylic oxidation sites excluding steroid dienone is 1. The van der Waals surface area contributed by atoms with Crippen molar-refractivity contribution in [3.63, 3.8) is 0 Å². The van der Waals surface area contributed by atoms with Crippen LogP contribution in [-0.2, 0) is 0 Å². The molecular formula is C13H15ClO2. The monoisotopic (exact) mass is 238 g/mol. The van der Waals surface area contributed by atoms with Gasteiger partial charge < -0.3 is 4.74 Å². The molecule has 86 valence electrons. The second-order valence-electron chi connectivity index (χ2n) is 3.79. The summed E-state index contributed by atoms with van der Waals surface area (Å²) in [5.41, 5.74) is 1.79. The Labute approximate surface area is 101 Å². The molecule has 0 aliphatic carbocycles. The molecule has 0 aliphatic heterocycles. The highest BCUT2D eigenvalue weighted by Gasteiger charge is 2.05. The van der Waals surface area contributed by atoms with Crippen LogP contribution in [0.15, 0.2) is 29.8 Å². The van der Waals surface area contributed by atoms with Gasteiger partial charge in [-0.2, -0.15) is 0 Å². The standard InChI is InChI=1S/C13H15ClO2/c1-9(2)6-7-16-13-5-4-11(10(3)15)8-12(13)14/h4-6,8H,7H2,1-3H3. The van der Waals surface area contributed by atoms with Crippen LogP contribution >= 0.6 is 11.6 Å². The van der Waals surface area contributed by atoms with E-state index in [9.17, 15) is 4.79 Å². The molecule has 0 saturated heterocycles. The van der Waals surface area contributed by atoms with Gasteiger partial charge in [-0.05, 0) is 45.0 Å². The number of carbonyl (C=O) groups is 1. The van der Waals surface area contributed by atoms with Crippen LogP contribution in [0.25, 0.3) is 0 Å². The molecule has 2 nitrogen and oxygen atoms in total. The molecule has 3 heteroatoms. The first-order valence-corrected chi connectivity index (χ1v) is 5.45. The molecule has 0 radical (unpaired) electrons. The van der Waals surface area contributed by atoms with Crippen molar-refractivity contribution in [1.29, 1.82) is 0 Å². The third kappa shape index (κ3) is 3.70. The molecule has 0 fully saturated rings. The number of ether oxygens (including phenoxy) is 1. The molecule has 0 aromatic heterocycles. The SMILES string of the molecule is CC(=O)c1ccc(OCC=C(C)C)c(Cl)c1. The predicted octanol–water partition coefficient (Wildman–Crippen LogP) is 3.89. The van der Waals surface area contributed by atoms with E-state index in [1.54, 1.807) is 18.2 Å². The molecular weight excluding hydrogens is 224 g/mol. The molecule has 0 aliphatic rings. The summed E-state index contributed by atoms with van der Waals surface area (Å²) in [4.78, 5) is 11.1. The molecule has 0 atom stereocenters. The molecule has 16 heavy (non-hydrogen) atoms. The number of ketones is 1. The minimum atomic E-state index is -0.00208. The second-order valence-corrected chi connectivity index (χ2v) is 4.20. The zero-order valence-electron chi connectivity index (χ0n) is 9.71. The Hall–Kier alpha value is -1.28. The fraction of sp³-hybridized carbons (Fsp3) is 0.308. The fourth-order valence-electron chi connectivity index (χ4n) is 1.13. The summed E-state index contributed by atoms with van der Waals surface area (Å²) in [5.74, 6) is 0.599. The summed E-state index contributed by atoms with van der Waals surface area (Å²) in [6.45, 7) is 6.00. The fourth-order valence-corrected chi connectivity index (χ4v) is 1.37. The summed E-state index contributed by atoms with van der Waals surface area (Å²) in [6, 6.07) is 5.06. The van der Waals surface area contributed by atoms with Gasteiger partial charge in [0, 0.05) is 5.56 Å². The van der Waals surface area contributed by atoms with Gasteiger partial charge in [-0.15, -0.1) is 0 Å². The van der Waals surface area contributed by atoms with Crippen LogP contribution in [0, 0.1) is 0 Å². The molecule has 1 rings (SSSR count). The van der Waals surface area contributed by atoms with Crippen LogP contribution in [0.3, 0.4) is 0 Å². The van der Waals surface area contributed by atoms with Gasteiger partial charge in [-0.3, -0.25) is 4.79 Å². The number of carbonyl (C=O) groups excluding carboxylic acids is 1. The van der Waals surface area contributed by atoms with Crippen molar-refractivity contribution < 1.29 is 9.53 Å². The third-order valence-corrected chi connectivity index (χ3v) is 2.36. The van der Waals surface area contributed by atoms with Gasteiger partial charge in [0.25, 0.3) is 0 Å². The summed E-state index contributed by atoms with van der Waals surface area (Å²) in [7, 11) is 0. The van der Waals surface area contributed by atoms with Crippen LogP contribution in [0.2, 0.25) is 5.02 Å². The highest BCUT2D eigenvalue weighted by molar-refractivity contribution is 6.32. The molecule has 0 heterocycles. The Morgan fingerprint density at radius 2 is 2.06 bits per heavy atom. The third-order valence-electron chi connectivity index (χ3n) is 2.07. The lowest BCUT2D eigenvalue weighted by atomic mass is 10.1. The average Bonchev–Trinajstić information content (AvgIpc) is 2.19. The highest BCUT2D eigenvalue weighted by atomic mass is 35.5. The minimum Gasteiger partial charge on any atom is -0.488 e. The summed E-state index contributed by atoms with van der Waals surface area (Å²) in [5, 5.41) is 0.467. The van der Waals surface area contributed by atoms with Crippen molar-refractivity contribution in [2.75, 3.05) is 6.61 Å². The van der Waals surface area contributed by atoms with E-state index in [1.807, 2.05) is 19.9 Å². The van der Waals surface area contributed by atoms with Gasteiger partial charge in [0.15, 0.2) is 5.78 Å². The Kier molecular flexibility index (Phi) is 4.56. The summed E-state index contributed by atoms with van der Waals surface area (Å²) in [6.07, 6.45) is 1.97. The number of rotatable bonds is 4. The van der Waals surface area contributed by atoms with Crippen LogP contribution in [0.5, 0.6) is 5.75 Å². The van der Waals surface area contributed by atoms with Gasteiger partial charge in [0.05, 0.1) is 5.02 Å². The van der Waals surface area contributed by atoms with Crippen molar-refractivity contribution in [3.05, 3.63) is 40.4 Å². The average molecular weight is 239 g/mol. The van der Waals surface area contributed by atoms with Gasteiger partial charge >= 0.3 is 0 Å². The first kappa shape index (κ1) is 12.8. The zero-order valence-corrected chi connectivity index (χ0v) is 10.5. The maximum atomic E-state index is 11.1. The first-order valence-electron chi connectivity index (χ1n) is 5.07. The number of hydrogen-bond acceptors (Lipinski definition) is 2. The topological polar surface area (TPSA) is 26.3 Å². The molecule has 1 aromatic carbocycles. The molecule has 0 N–H and O–H groups in total. The van der Waals surface area contributed by atoms with Crippen LogP contribution in [-0.4, -0.2) is 12.4 Å². The molecule has 0 spiro atoms. The van der Waals surface area contributed by atoms with E-state index in [2.05, 4.69) is 0 Å². The maximum absolute atomic E-state index is 11.1. The quantitative estimate of drug-likeness (QED) is 0.588. The predicted molar refractivity (Wildman–Crippen MR) is 66.4 cm³/mol. The van der Waals surface area contributed by atoms with E-state index in [1.165, 1.54) is 12.5 Å². The Balaban J connectivity index is 2.75. The smallest absolute Gasteiger partial charge is 0.159 e. The lowest BCUT2D eigenvalue weighted by molar-refractivity contribution is 0.101. The lowest BCUT2D eigenvalue weighted by Crippen LogP contribution is -1.97. The van der Waals surface area contributed by atoms with E-state index in [0.717, 1.165) is 0 Å². The molecule has 0 saturated carbocycles. The molecule has 1 aromatic rings. The van der Waals surface area contributed by atoms with Gasteiger partial charge in [-0.1, -0.05) is 17.2 Å². The van der Waals surface area contributed by atoms with Gasteiger partial charge in [0.1, 0.15) is 12.4 Å². The van der Waals surface area contributed by atoms with Crippen molar-refractivity contribution >= 4 is 17.4 Å². The Bertz CT molecular complexity index is 418. The molecule has 0 amide bonds. The number of benzene rings is 1. The van der Waals surface area contributed by atoms with Gasteiger partial charge in [-0.25, -0.2) is 0 Å². The van der Waals surface area contributed by atoms with Crippen LogP contribution in [0.4, 0.5) is 0 Å². The number of halogens is 1. The van der Waals surface area contributed by atoms with E-state index in [4.69, 9.17) is 16.3 Å². The first-order chi connectivity index (χ1) is 7.50. The molecule has 0 unspecified atom stereocenters. The highest BCUT2D eigenvalue weighted by Crippen LogP contribution is 2.25. The minimum absolute atomic E-state index is 0.00208. The largest absolute Gasteiger partial charge is 0.488 e. The van der Waals surface area contributed by atoms with E-state index >= 15 is 0 Å². The van der Waals surface area contributed by atoms with Crippen LogP contribution < -0.4 is 4.74 Å². The van der Waals surface area contributed by atoms with Crippen molar-refractivity contribution in [2.45, 2.75) is 20.8 Å². The zero-order chi connectivity index (χ0) is 12.1. The Morgan fingerprint density at radius 3 is 2.56 bits per heavy atom. The van der Waals surface area contributed by atoms with Crippen molar-refractivity contribution in [2.24, 2.45) is 0 Å². The number of hydrogen-bond donors (Lipinski definition) is 0.